The van der Waals surface area contributed by atoms with Crippen molar-refractivity contribution in [2.75, 3.05) is 0 Å². The molecule has 0 saturated heterocycles. The molecule has 20 heavy (non-hydrogen) atoms. The molecule has 1 aromatic heterocycles. The number of hydrogen-bond acceptors (Lipinski definition) is 1. The molecule has 0 atom stereocenters. The van der Waals surface area contributed by atoms with Gasteiger partial charge in [-0.15, -0.1) is 11.6 Å². The lowest BCUT2D eigenvalue weighted by Crippen LogP contribution is -1.99. The summed E-state index contributed by atoms with van der Waals surface area (Å²) in [6.45, 7) is 0. The summed E-state index contributed by atoms with van der Waals surface area (Å²) in [4.78, 5) is 4.41. The Balaban J connectivity index is 2.35. The van der Waals surface area contributed by atoms with Crippen molar-refractivity contribution in [1.82, 2.24) is 9.55 Å². The number of hydrogen-bond donors (Lipinski definition) is 0. The van der Waals surface area contributed by atoms with Crippen molar-refractivity contribution in [2.24, 2.45) is 0 Å². The van der Waals surface area contributed by atoms with E-state index >= 15 is 0 Å². The number of alkyl halides is 1. The summed E-state index contributed by atoms with van der Waals surface area (Å²) in [7, 11) is 0. The van der Waals surface area contributed by atoms with Crippen molar-refractivity contribution in [3.63, 3.8) is 0 Å². The quantitative estimate of drug-likeness (QED) is 0.373. The minimum Gasteiger partial charge on any atom is -0.295 e. The van der Waals surface area contributed by atoms with Gasteiger partial charge in [0.25, 0.3) is 0 Å². The number of benzene rings is 2. The second-order valence-corrected chi connectivity index (χ2v) is 6.60. The summed E-state index contributed by atoms with van der Waals surface area (Å²) < 4.78 is 17.1. The van der Waals surface area contributed by atoms with E-state index in [-0.39, 0.29) is 11.7 Å². The average molecular weight is 465 g/mol. The van der Waals surface area contributed by atoms with Crippen LogP contribution >= 0.6 is 50.1 Å². The van der Waals surface area contributed by atoms with E-state index in [1.165, 1.54) is 6.07 Å². The predicted octanol–water partition coefficient (Wildman–Crippen LogP) is 5.27. The van der Waals surface area contributed by atoms with E-state index in [1.54, 1.807) is 6.07 Å². The van der Waals surface area contributed by atoms with Gasteiger partial charge in [0.05, 0.1) is 21.4 Å². The fourth-order valence-corrected chi connectivity index (χ4v) is 3.15. The molecule has 0 saturated carbocycles. The number of fused-ring (bicyclic) bond motifs is 1. The predicted molar refractivity (Wildman–Crippen MR) is 91.0 cm³/mol. The highest BCUT2D eigenvalue weighted by atomic mass is 127. The van der Waals surface area contributed by atoms with E-state index in [0.29, 0.717) is 15.8 Å². The molecule has 3 aromatic rings. The number of nitrogens with zero attached hydrogens (tertiary/aromatic N) is 2. The highest BCUT2D eigenvalue weighted by molar-refractivity contribution is 14.1. The largest absolute Gasteiger partial charge is 0.295 e. The van der Waals surface area contributed by atoms with Gasteiger partial charge in [0.2, 0.25) is 0 Å². The van der Waals surface area contributed by atoms with Crippen molar-refractivity contribution in [3.8, 4) is 5.69 Å². The molecule has 0 radical (unpaired) electrons. The average Bonchev–Trinajstić information content (AvgIpc) is 2.77. The van der Waals surface area contributed by atoms with Crippen molar-refractivity contribution >= 4 is 61.2 Å². The maximum Gasteiger partial charge on any atom is 0.139 e. The molecule has 0 aliphatic heterocycles. The van der Waals surface area contributed by atoms with Crippen LogP contribution in [0.4, 0.5) is 4.39 Å². The van der Waals surface area contributed by atoms with E-state index in [2.05, 4.69) is 43.5 Å². The smallest absolute Gasteiger partial charge is 0.139 e. The van der Waals surface area contributed by atoms with Gasteiger partial charge in [-0.05, 0) is 62.8 Å². The third-order valence-electron chi connectivity index (χ3n) is 2.95. The third-order valence-corrected chi connectivity index (χ3v) is 4.47. The van der Waals surface area contributed by atoms with Gasteiger partial charge in [-0.3, -0.25) is 4.57 Å². The first kappa shape index (κ1) is 14.3. The Morgan fingerprint density at radius 1 is 1.30 bits per heavy atom. The molecule has 2 aromatic carbocycles. The molecule has 0 N–H and O–H groups in total. The maximum atomic E-state index is 13.6. The Morgan fingerprint density at radius 3 is 2.80 bits per heavy atom. The van der Waals surface area contributed by atoms with Crippen LogP contribution in [0.2, 0.25) is 0 Å². The van der Waals surface area contributed by atoms with Gasteiger partial charge in [-0.1, -0.05) is 6.07 Å². The molecule has 0 aliphatic carbocycles. The number of aromatic nitrogens is 2. The molecule has 102 valence electrons. The molecule has 1 heterocycles. The first-order valence-corrected chi connectivity index (χ1v) is 8.19. The SMILES string of the molecule is Fc1cc2nc(CCl)n(-c3cccc(I)c3)c2cc1Br. The molecular formula is C14H8BrClFIN2. The molecule has 6 heteroatoms. The van der Waals surface area contributed by atoms with Crippen LogP contribution in [0.3, 0.4) is 0 Å². The van der Waals surface area contributed by atoms with E-state index in [0.717, 1.165) is 14.8 Å². The molecule has 0 fully saturated rings. The lowest BCUT2D eigenvalue weighted by atomic mass is 10.2. The van der Waals surface area contributed by atoms with Crippen LogP contribution in [0.25, 0.3) is 16.7 Å². The minimum atomic E-state index is -0.328. The zero-order valence-electron chi connectivity index (χ0n) is 10.1. The first-order chi connectivity index (χ1) is 9.60. The first-order valence-electron chi connectivity index (χ1n) is 5.78. The fraction of sp³-hybridized carbons (Fsp3) is 0.0714. The van der Waals surface area contributed by atoms with Crippen LogP contribution in [0, 0.1) is 9.39 Å². The van der Waals surface area contributed by atoms with Gasteiger partial charge in [-0.2, -0.15) is 0 Å². The third kappa shape index (κ3) is 2.46. The van der Waals surface area contributed by atoms with E-state index in [9.17, 15) is 4.39 Å². The second-order valence-electron chi connectivity index (χ2n) is 4.23. The highest BCUT2D eigenvalue weighted by Crippen LogP contribution is 2.28. The van der Waals surface area contributed by atoms with Crippen LogP contribution in [0.5, 0.6) is 0 Å². The van der Waals surface area contributed by atoms with E-state index in [4.69, 9.17) is 11.6 Å². The summed E-state index contributed by atoms with van der Waals surface area (Å²) in [6.07, 6.45) is 0. The fourth-order valence-electron chi connectivity index (χ4n) is 2.12. The zero-order valence-corrected chi connectivity index (χ0v) is 14.6. The maximum absolute atomic E-state index is 13.6. The van der Waals surface area contributed by atoms with E-state index in [1.807, 2.05) is 28.8 Å². The molecule has 0 spiro atoms. The van der Waals surface area contributed by atoms with Gasteiger partial charge in [-0.25, -0.2) is 9.37 Å². The van der Waals surface area contributed by atoms with Crippen LogP contribution < -0.4 is 0 Å². The lowest BCUT2D eigenvalue weighted by molar-refractivity contribution is 0.623. The molecule has 0 bridgehead atoms. The summed E-state index contributed by atoms with van der Waals surface area (Å²) in [5, 5.41) is 0. The molecule has 0 aliphatic rings. The summed E-state index contributed by atoms with van der Waals surface area (Å²) in [6, 6.07) is 11.2. The summed E-state index contributed by atoms with van der Waals surface area (Å²) in [5.74, 6) is 0.631. The second kappa shape index (κ2) is 5.61. The van der Waals surface area contributed by atoms with Gasteiger partial charge < -0.3 is 0 Å². The summed E-state index contributed by atoms with van der Waals surface area (Å²) in [5.41, 5.74) is 2.39. The molecule has 0 amide bonds. The van der Waals surface area contributed by atoms with Gasteiger partial charge in [0.15, 0.2) is 0 Å². The van der Waals surface area contributed by atoms with Crippen LogP contribution in [-0.4, -0.2) is 9.55 Å². The van der Waals surface area contributed by atoms with Crippen LogP contribution in [0.15, 0.2) is 40.9 Å². The molecular weight excluding hydrogens is 457 g/mol. The molecule has 2 nitrogen and oxygen atoms in total. The topological polar surface area (TPSA) is 17.8 Å². The van der Waals surface area contributed by atoms with Gasteiger partial charge in [0, 0.05) is 15.3 Å². The monoisotopic (exact) mass is 464 g/mol. The van der Waals surface area contributed by atoms with Gasteiger partial charge >= 0.3 is 0 Å². The lowest BCUT2D eigenvalue weighted by Gasteiger charge is -2.08. The van der Waals surface area contributed by atoms with Gasteiger partial charge in [0.1, 0.15) is 11.6 Å². The zero-order chi connectivity index (χ0) is 14.3. The number of imidazole rings is 1. The number of halogens is 4. The molecule has 3 rings (SSSR count). The van der Waals surface area contributed by atoms with Crippen molar-refractivity contribution in [1.29, 1.82) is 0 Å². The van der Waals surface area contributed by atoms with Crippen molar-refractivity contribution < 1.29 is 4.39 Å². The van der Waals surface area contributed by atoms with Crippen molar-refractivity contribution in [2.45, 2.75) is 5.88 Å². The Labute approximate surface area is 142 Å². The summed E-state index contributed by atoms with van der Waals surface area (Å²) >= 11 is 11.5. The Kier molecular flexibility index (Phi) is 4.01. The normalized spacial score (nSPS) is 11.2. The highest BCUT2D eigenvalue weighted by Gasteiger charge is 2.14. The van der Waals surface area contributed by atoms with Crippen LogP contribution in [0.1, 0.15) is 5.82 Å². The van der Waals surface area contributed by atoms with E-state index < -0.39 is 0 Å². The van der Waals surface area contributed by atoms with Crippen molar-refractivity contribution in [3.05, 3.63) is 56.1 Å². The Bertz CT molecular complexity index is 803. The standard InChI is InChI=1S/C14H8BrClFIN2/c15-10-5-13-12(6-11(10)17)19-14(7-16)20(13)9-3-1-2-8(18)4-9/h1-6H,7H2. The van der Waals surface area contributed by atoms with Crippen LogP contribution in [-0.2, 0) is 5.88 Å². The molecule has 0 unspecified atom stereocenters. The minimum absolute atomic E-state index is 0.263. The number of rotatable bonds is 2. The Hall–Kier alpha value is -0.660. The Morgan fingerprint density at radius 2 is 2.10 bits per heavy atom.